The van der Waals surface area contributed by atoms with Crippen LogP contribution < -0.4 is 32.3 Å². The molecule has 0 spiro atoms. The number of benzene rings is 2. The van der Waals surface area contributed by atoms with Crippen LogP contribution in [-0.2, 0) is 30.3 Å². The van der Waals surface area contributed by atoms with E-state index in [4.69, 9.17) is 10.5 Å². The predicted octanol–water partition coefficient (Wildman–Crippen LogP) is -0.311. The van der Waals surface area contributed by atoms with E-state index >= 15 is 0 Å². The van der Waals surface area contributed by atoms with E-state index in [-0.39, 0.29) is 29.9 Å². The fourth-order valence-electron chi connectivity index (χ4n) is 5.85. The summed E-state index contributed by atoms with van der Waals surface area (Å²) in [6.07, 6.45) is 4.60. The quantitative estimate of drug-likeness (QED) is 0.0659. The van der Waals surface area contributed by atoms with E-state index in [2.05, 4.69) is 26.6 Å². The molecule has 51 heavy (non-hydrogen) atoms. The molecule has 15 nitrogen and oxygen atoms in total. The van der Waals surface area contributed by atoms with Crippen LogP contribution in [0.1, 0.15) is 71.2 Å². The van der Waals surface area contributed by atoms with Gasteiger partial charge in [0, 0.05) is 12.0 Å². The standard InChI is InChI=1S/C36H50N6O9/c1-51-36(50)26-16-14-25(15-17-26)32(46)41-29(19-23-9-3-2-4-10-23)33(47)38-20-30(45)42-31(24-11-5-6-12-24)35(49)40-28(13-7-8-18-37)34(48)39-27(21-43)22-44/h2-4,9-10,14-17,24,27-29,31,43-44H,5-8,11-13,18-22,37H2,1H3,(H,38,47)(H,39,48)(H,40,49)(H,41,46)(H,42,45)/t28-,29-,31-/m0/s1. The molecular formula is C36H50N6O9. The van der Waals surface area contributed by atoms with Gasteiger partial charge in [0.25, 0.3) is 5.91 Å². The molecule has 1 saturated carbocycles. The number of nitrogens with two attached hydrogens (primary N) is 1. The lowest BCUT2D eigenvalue weighted by atomic mass is 9.96. The molecule has 3 rings (SSSR count). The van der Waals surface area contributed by atoms with E-state index in [0.29, 0.717) is 32.2 Å². The summed E-state index contributed by atoms with van der Waals surface area (Å²) in [5.74, 6) is -3.74. The average Bonchev–Trinajstić information content (AvgIpc) is 3.69. The molecule has 0 saturated heterocycles. The normalized spacial score (nSPS) is 14.5. The van der Waals surface area contributed by atoms with E-state index in [9.17, 15) is 39.0 Å². The van der Waals surface area contributed by atoms with Crippen molar-refractivity contribution in [3.8, 4) is 0 Å². The minimum Gasteiger partial charge on any atom is -0.465 e. The summed E-state index contributed by atoms with van der Waals surface area (Å²) in [4.78, 5) is 78.2. The van der Waals surface area contributed by atoms with Crippen molar-refractivity contribution in [2.24, 2.45) is 11.7 Å². The highest BCUT2D eigenvalue weighted by molar-refractivity contribution is 5.99. The van der Waals surface area contributed by atoms with Crippen LogP contribution in [0.2, 0.25) is 0 Å². The minimum atomic E-state index is -1.07. The molecule has 1 fully saturated rings. The van der Waals surface area contributed by atoms with Crippen LogP contribution >= 0.6 is 0 Å². The zero-order chi connectivity index (χ0) is 37.2. The van der Waals surface area contributed by atoms with Gasteiger partial charge in [-0.2, -0.15) is 0 Å². The third-order valence-electron chi connectivity index (χ3n) is 8.73. The number of rotatable bonds is 20. The topological polar surface area (TPSA) is 238 Å². The Labute approximate surface area is 297 Å². The molecule has 1 aliphatic carbocycles. The zero-order valence-corrected chi connectivity index (χ0v) is 28.9. The monoisotopic (exact) mass is 710 g/mol. The number of hydrogen-bond acceptors (Lipinski definition) is 10. The SMILES string of the molecule is COC(=O)c1ccc(C(=O)N[C@@H](Cc2ccccc2)C(=O)NCC(=O)N[C@H](C(=O)N[C@@H](CCCCN)C(=O)NC(CO)CO)C2CCCC2)cc1. The first-order valence-corrected chi connectivity index (χ1v) is 17.2. The molecule has 2 aromatic rings. The van der Waals surface area contributed by atoms with Crippen LogP contribution in [0, 0.1) is 5.92 Å². The summed E-state index contributed by atoms with van der Waals surface area (Å²) in [6, 6.07) is 10.8. The molecule has 2 aromatic carbocycles. The first kappa shape index (κ1) is 40.6. The number of carbonyl (C=O) groups is 6. The number of nitrogens with one attached hydrogen (secondary N) is 5. The summed E-state index contributed by atoms with van der Waals surface area (Å²) >= 11 is 0. The third kappa shape index (κ3) is 13.1. The van der Waals surface area contributed by atoms with Gasteiger partial charge in [-0.15, -0.1) is 0 Å². The van der Waals surface area contributed by atoms with Crippen molar-refractivity contribution < 1.29 is 43.7 Å². The van der Waals surface area contributed by atoms with Gasteiger partial charge in [-0.1, -0.05) is 43.2 Å². The van der Waals surface area contributed by atoms with Gasteiger partial charge in [0.2, 0.25) is 23.6 Å². The first-order chi connectivity index (χ1) is 24.6. The van der Waals surface area contributed by atoms with Gasteiger partial charge in [0.1, 0.15) is 18.1 Å². The van der Waals surface area contributed by atoms with Crippen molar-refractivity contribution in [2.45, 2.75) is 75.5 Å². The van der Waals surface area contributed by atoms with Crippen LogP contribution in [0.3, 0.4) is 0 Å². The Morgan fingerprint density at radius 1 is 0.784 bits per heavy atom. The lowest BCUT2D eigenvalue weighted by Crippen LogP contribution is -2.58. The highest BCUT2D eigenvalue weighted by Gasteiger charge is 2.34. The summed E-state index contributed by atoms with van der Waals surface area (Å²) in [6.45, 7) is -1.07. The van der Waals surface area contributed by atoms with Crippen molar-refractivity contribution >= 4 is 35.5 Å². The molecule has 0 bridgehead atoms. The van der Waals surface area contributed by atoms with Crippen LogP contribution in [0.25, 0.3) is 0 Å². The van der Waals surface area contributed by atoms with Crippen molar-refractivity contribution in [1.29, 1.82) is 0 Å². The Hall–Kier alpha value is -4.86. The second kappa shape index (κ2) is 21.4. The maximum atomic E-state index is 13.6. The fraction of sp³-hybridized carbons (Fsp3) is 0.500. The maximum Gasteiger partial charge on any atom is 0.337 e. The fourth-order valence-corrected chi connectivity index (χ4v) is 5.85. The van der Waals surface area contributed by atoms with Gasteiger partial charge in [-0.3, -0.25) is 24.0 Å². The van der Waals surface area contributed by atoms with E-state index in [1.54, 1.807) is 24.3 Å². The number of aliphatic hydroxyl groups is 2. The Kier molecular flexibility index (Phi) is 17.0. The molecule has 3 atom stereocenters. The van der Waals surface area contributed by atoms with Crippen LogP contribution in [-0.4, -0.2) is 103 Å². The third-order valence-corrected chi connectivity index (χ3v) is 8.73. The minimum absolute atomic E-state index is 0.119. The van der Waals surface area contributed by atoms with E-state index in [0.717, 1.165) is 18.4 Å². The number of amides is 5. The average molecular weight is 711 g/mol. The lowest BCUT2D eigenvalue weighted by Gasteiger charge is -2.27. The number of ether oxygens (including phenoxy) is 1. The number of aliphatic hydroxyl groups excluding tert-OH is 2. The molecular weight excluding hydrogens is 660 g/mol. The number of carbonyl (C=O) groups excluding carboxylic acids is 6. The van der Waals surface area contributed by atoms with Gasteiger partial charge in [0.15, 0.2) is 0 Å². The Morgan fingerprint density at radius 3 is 2.04 bits per heavy atom. The lowest BCUT2D eigenvalue weighted by molar-refractivity contribution is -0.134. The molecule has 1 aliphatic rings. The molecule has 5 amide bonds. The Morgan fingerprint density at radius 2 is 1.43 bits per heavy atom. The van der Waals surface area contributed by atoms with Crippen molar-refractivity contribution in [2.75, 3.05) is 33.4 Å². The van der Waals surface area contributed by atoms with Gasteiger partial charge >= 0.3 is 5.97 Å². The van der Waals surface area contributed by atoms with E-state index in [1.807, 2.05) is 6.07 Å². The second-order valence-corrected chi connectivity index (χ2v) is 12.5. The highest BCUT2D eigenvalue weighted by Crippen LogP contribution is 2.28. The van der Waals surface area contributed by atoms with Crippen LogP contribution in [0.5, 0.6) is 0 Å². The molecule has 0 aromatic heterocycles. The van der Waals surface area contributed by atoms with Crippen molar-refractivity contribution in [3.05, 3.63) is 71.3 Å². The molecule has 15 heteroatoms. The maximum absolute atomic E-state index is 13.6. The number of hydrogen-bond donors (Lipinski definition) is 8. The van der Waals surface area contributed by atoms with Crippen LogP contribution in [0.15, 0.2) is 54.6 Å². The molecule has 278 valence electrons. The van der Waals surface area contributed by atoms with Crippen molar-refractivity contribution in [1.82, 2.24) is 26.6 Å². The summed E-state index contributed by atoms with van der Waals surface area (Å²) in [5, 5.41) is 32.1. The van der Waals surface area contributed by atoms with Crippen molar-refractivity contribution in [3.63, 3.8) is 0 Å². The van der Waals surface area contributed by atoms with Gasteiger partial charge in [-0.25, -0.2) is 4.79 Å². The first-order valence-electron chi connectivity index (χ1n) is 17.2. The summed E-state index contributed by atoms with van der Waals surface area (Å²) in [5.41, 5.74) is 6.83. The Balaban J connectivity index is 1.69. The van der Waals surface area contributed by atoms with Crippen LogP contribution in [0.4, 0.5) is 0 Å². The largest absolute Gasteiger partial charge is 0.465 e. The predicted molar refractivity (Wildman–Crippen MR) is 187 cm³/mol. The van der Waals surface area contributed by atoms with Gasteiger partial charge in [-0.05, 0) is 74.4 Å². The molecule has 0 aliphatic heterocycles. The number of esters is 1. The summed E-state index contributed by atoms with van der Waals surface area (Å²) in [7, 11) is 1.25. The molecule has 0 radical (unpaired) electrons. The van der Waals surface area contributed by atoms with Gasteiger partial charge in [0.05, 0.1) is 38.5 Å². The molecule has 0 unspecified atom stereocenters. The Bertz CT molecular complexity index is 1450. The molecule has 9 N–H and O–H groups in total. The van der Waals surface area contributed by atoms with E-state index in [1.165, 1.54) is 31.4 Å². The number of methoxy groups -OCH3 is 1. The van der Waals surface area contributed by atoms with Gasteiger partial charge < -0.3 is 47.3 Å². The highest BCUT2D eigenvalue weighted by atomic mass is 16.5. The zero-order valence-electron chi connectivity index (χ0n) is 28.9. The smallest absolute Gasteiger partial charge is 0.337 e. The summed E-state index contributed by atoms with van der Waals surface area (Å²) < 4.78 is 4.69. The second-order valence-electron chi connectivity index (χ2n) is 12.5. The molecule has 0 heterocycles. The number of unbranched alkanes of at least 4 members (excludes halogenated alkanes) is 1. The van der Waals surface area contributed by atoms with E-state index < -0.39 is 79.4 Å².